The lowest BCUT2D eigenvalue weighted by atomic mass is 9.91. The second-order valence-corrected chi connectivity index (χ2v) is 3.18. The Hall–Kier alpha value is -0.780. The van der Waals surface area contributed by atoms with Crippen molar-refractivity contribution in [3.8, 4) is 0 Å². The Morgan fingerprint density at radius 2 is 2.36 bits per heavy atom. The second kappa shape index (κ2) is 3.56. The molecule has 1 unspecified atom stereocenters. The van der Waals surface area contributed by atoms with E-state index in [1.807, 2.05) is 0 Å². The fourth-order valence-corrected chi connectivity index (χ4v) is 1.28. The predicted molar refractivity (Wildman–Crippen MR) is 50.4 cm³/mol. The molecule has 0 heteroatoms. The Labute approximate surface area is 69.3 Å². The van der Waals surface area contributed by atoms with Crippen LogP contribution >= 0.6 is 0 Å². The molecule has 0 N–H and O–H groups in total. The smallest absolute Gasteiger partial charge is 0.00118 e. The van der Waals surface area contributed by atoms with Gasteiger partial charge < -0.3 is 0 Å². The van der Waals surface area contributed by atoms with Crippen LogP contribution in [0.15, 0.2) is 35.5 Å². The first-order chi connectivity index (χ1) is 5.24. The quantitative estimate of drug-likeness (QED) is 0.499. The van der Waals surface area contributed by atoms with Crippen molar-refractivity contribution in [3.05, 3.63) is 35.5 Å². The molecule has 60 valence electrons. The van der Waals surface area contributed by atoms with Gasteiger partial charge in [-0.05, 0) is 27.2 Å². The van der Waals surface area contributed by atoms with Crippen molar-refractivity contribution in [2.45, 2.75) is 27.2 Å². The maximum Gasteiger partial charge on any atom is 0.00118 e. The summed E-state index contributed by atoms with van der Waals surface area (Å²) in [7, 11) is 0. The van der Waals surface area contributed by atoms with Gasteiger partial charge in [-0.1, -0.05) is 35.5 Å². The van der Waals surface area contributed by atoms with Gasteiger partial charge in [0.25, 0.3) is 0 Å². The van der Waals surface area contributed by atoms with E-state index in [9.17, 15) is 0 Å². The first kappa shape index (κ1) is 8.32. The highest BCUT2D eigenvalue weighted by Crippen LogP contribution is 2.22. The number of hydrogen-bond acceptors (Lipinski definition) is 0. The maximum atomic E-state index is 2.30. The zero-order chi connectivity index (χ0) is 8.27. The molecule has 0 saturated carbocycles. The standard InChI is InChI=1S/C11H16/c1-4-10(3)11-7-5-9(2)6-8-11/h4-7,11H,8H2,1-3H3/b10-4+. The first-order valence-corrected chi connectivity index (χ1v) is 4.22. The molecule has 1 atom stereocenters. The van der Waals surface area contributed by atoms with Crippen LogP contribution in [0.3, 0.4) is 0 Å². The van der Waals surface area contributed by atoms with Crippen LogP contribution in [0.4, 0.5) is 0 Å². The highest BCUT2D eigenvalue weighted by molar-refractivity contribution is 5.26. The van der Waals surface area contributed by atoms with Crippen molar-refractivity contribution >= 4 is 0 Å². The summed E-state index contributed by atoms with van der Waals surface area (Å²) in [4.78, 5) is 0. The van der Waals surface area contributed by atoms with Crippen LogP contribution in [0.2, 0.25) is 0 Å². The third kappa shape index (κ3) is 2.07. The summed E-state index contributed by atoms with van der Waals surface area (Å²) in [5, 5.41) is 0. The topological polar surface area (TPSA) is 0 Å². The Kier molecular flexibility index (Phi) is 2.70. The monoisotopic (exact) mass is 148 g/mol. The molecule has 0 amide bonds. The van der Waals surface area contributed by atoms with Crippen LogP contribution < -0.4 is 0 Å². The van der Waals surface area contributed by atoms with Gasteiger partial charge in [0.2, 0.25) is 0 Å². The molecule has 0 radical (unpaired) electrons. The highest BCUT2D eigenvalue weighted by atomic mass is 14.1. The number of allylic oxidation sites excluding steroid dienone is 6. The van der Waals surface area contributed by atoms with Gasteiger partial charge >= 0.3 is 0 Å². The third-order valence-electron chi connectivity index (χ3n) is 2.33. The van der Waals surface area contributed by atoms with E-state index in [0.29, 0.717) is 5.92 Å². The molecule has 0 aliphatic heterocycles. The van der Waals surface area contributed by atoms with Crippen LogP contribution in [-0.2, 0) is 0 Å². The van der Waals surface area contributed by atoms with Gasteiger partial charge in [0.1, 0.15) is 0 Å². The zero-order valence-electron chi connectivity index (χ0n) is 7.59. The molecule has 0 bridgehead atoms. The van der Waals surface area contributed by atoms with E-state index < -0.39 is 0 Å². The van der Waals surface area contributed by atoms with Gasteiger partial charge in [-0.25, -0.2) is 0 Å². The minimum Gasteiger partial charge on any atom is -0.0881 e. The van der Waals surface area contributed by atoms with Gasteiger partial charge in [-0.3, -0.25) is 0 Å². The van der Waals surface area contributed by atoms with E-state index in [-0.39, 0.29) is 0 Å². The fraction of sp³-hybridized carbons (Fsp3) is 0.455. The van der Waals surface area contributed by atoms with Crippen molar-refractivity contribution in [3.63, 3.8) is 0 Å². The minimum absolute atomic E-state index is 0.656. The summed E-state index contributed by atoms with van der Waals surface area (Å²) in [5.74, 6) is 0.656. The molecule has 1 aliphatic carbocycles. The average molecular weight is 148 g/mol. The van der Waals surface area contributed by atoms with Gasteiger partial charge in [-0.2, -0.15) is 0 Å². The predicted octanol–water partition coefficient (Wildman–Crippen LogP) is 3.48. The molecular formula is C11H16. The average Bonchev–Trinajstić information content (AvgIpc) is 2.05. The van der Waals surface area contributed by atoms with Gasteiger partial charge in [-0.15, -0.1) is 0 Å². The first-order valence-electron chi connectivity index (χ1n) is 4.22. The summed E-state index contributed by atoms with van der Waals surface area (Å²) >= 11 is 0. The molecular weight excluding hydrogens is 132 g/mol. The molecule has 0 spiro atoms. The molecule has 0 heterocycles. The van der Waals surface area contributed by atoms with Crippen molar-refractivity contribution < 1.29 is 0 Å². The molecule has 0 aromatic rings. The summed E-state index contributed by atoms with van der Waals surface area (Å²) in [6.07, 6.45) is 10.2. The molecule has 0 saturated heterocycles. The van der Waals surface area contributed by atoms with Crippen molar-refractivity contribution in [2.24, 2.45) is 5.92 Å². The lowest BCUT2D eigenvalue weighted by molar-refractivity contribution is 0.758. The van der Waals surface area contributed by atoms with Crippen LogP contribution in [0.5, 0.6) is 0 Å². The Morgan fingerprint density at radius 1 is 1.64 bits per heavy atom. The second-order valence-electron chi connectivity index (χ2n) is 3.18. The Morgan fingerprint density at radius 3 is 2.82 bits per heavy atom. The van der Waals surface area contributed by atoms with Crippen LogP contribution in [0.1, 0.15) is 27.2 Å². The summed E-state index contributed by atoms with van der Waals surface area (Å²) in [6, 6.07) is 0. The molecule has 11 heavy (non-hydrogen) atoms. The van der Waals surface area contributed by atoms with E-state index in [4.69, 9.17) is 0 Å². The fourth-order valence-electron chi connectivity index (χ4n) is 1.28. The normalized spacial score (nSPS) is 25.2. The van der Waals surface area contributed by atoms with E-state index in [1.165, 1.54) is 17.6 Å². The van der Waals surface area contributed by atoms with Gasteiger partial charge in [0, 0.05) is 5.92 Å². The lowest BCUT2D eigenvalue weighted by Gasteiger charge is -2.14. The lowest BCUT2D eigenvalue weighted by Crippen LogP contribution is -1.99. The van der Waals surface area contributed by atoms with Gasteiger partial charge in [0.15, 0.2) is 0 Å². The number of hydrogen-bond donors (Lipinski definition) is 0. The molecule has 1 rings (SSSR count). The van der Waals surface area contributed by atoms with E-state index in [1.54, 1.807) is 0 Å². The van der Waals surface area contributed by atoms with Crippen LogP contribution in [-0.4, -0.2) is 0 Å². The summed E-state index contributed by atoms with van der Waals surface area (Å²) in [6.45, 7) is 6.45. The minimum atomic E-state index is 0.656. The largest absolute Gasteiger partial charge is 0.0881 e. The molecule has 0 fully saturated rings. The van der Waals surface area contributed by atoms with Gasteiger partial charge in [0.05, 0.1) is 0 Å². The number of rotatable bonds is 1. The Bertz CT molecular complexity index is 216. The zero-order valence-corrected chi connectivity index (χ0v) is 7.59. The molecule has 0 aromatic carbocycles. The van der Waals surface area contributed by atoms with E-state index >= 15 is 0 Å². The summed E-state index contributed by atoms with van der Waals surface area (Å²) in [5.41, 5.74) is 2.87. The van der Waals surface area contributed by atoms with Crippen molar-refractivity contribution in [2.75, 3.05) is 0 Å². The van der Waals surface area contributed by atoms with E-state index in [0.717, 1.165) is 0 Å². The van der Waals surface area contributed by atoms with Crippen molar-refractivity contribution in [1.29, 1.82) is 0 Å². The molecule has 0 nitrogen and oxygen atoms in total. The maximum absolute atomic E-state index is 2.30. The Balaban J connectivity index is 2.63. The third-order valence-corrected chi connectivity index (χ3v) is 2.33. The molecule has 0 aromatic heterocycles. The SMILES string of the molecule is C/C=C(\C)C1C=CC(C)=CC1. The van der Waals surface area contributed by atoms with Crippen molar-refractivity contribution in [1.82, 2.24) is 0 Å². The van der Waals surface area contributed by atoms with E-state index in [2.05, 4.69) is 45.1 Å². The molecule has 1 aliphatic rings. The highest BCUT2D eigenvalue weighted by Gasteiger charge is 2.07. The van der Waals surface area contributed by atoms with Crippen LogP contribution in [0.25, 0.3) is 0 Å². The van der Waals surface area contributed by atoms with Crippen LogP contribution in [0, 0.1) is 5.92 Å². The summed E-state index contributed by atoms with van der Waals surface area (Å²) < 4.78 is 0.